The van der Waals surface area contributed by atoms with Crippen molar-refractivity contribution in [2.45, 2.75) is 75.5 Å². The Morgan fingerprint density at radius 1 is 1.03 bits per heavy atom. The summed E-state index contributed by atoms with van der Waals surface area (Å²) in [6.45, 7) is 1.36. The van der Waals surface area contributed by atoms with Gasteiger partial charge in [0.2, 0.25) is 0 Å². The number of benzene rings is 1. The topological polar surface area (TPSA) is 74.6 Å². The Balaban J connectivity index is 1.69. The minimum absolute atomic E-state index is 0.0101. The van der Waals surface area contributed by atoms with E-state index in [1.54, 1.807) is 18.2 Å². The number of carboxylic acid groups (broad SMARTS) is 1. The van der Waals surface area contributed by atoms with E-state index in [4.69, 9.17) is 0 Å². The number of alkyl halides is 5. The SMILES string of the molecule is CC12CC(c3ccc(C(=O)O)cc3)C3=C4CCC(=O)C=C4CCC3C1CC[C@@]2(O)C(F)(F)C(F)(F)F. The van der Waals surface area contributed by atoms with Crippen molar-refractivity contribution >= 4 is 11.8 Å². The van der Waals surface area contributed by atoms with Gasteiger partial charge in [0.05, 0.1) is 5.56 Å². The van der Waals surface area contributed by atoms with Crippen LogP contribution in [0.2, 0.25) is 0 Å². The molecule has 0 saturated heterocycles. The highest BCUT2D eigenvalue weighted by Crippen LogP contribution is 2.70. The first-order valence-corrected chi connectivity index (χ1v) is 12.2. The molecule has 0 bridgehead atoms. The quantitative estimate of drug-likeness (QED) is 0.474. The first kappa shape index (κ1) is 25.1. The molecule has 5 atom stereocenters. The molecule has 4 unspecified atom stereocenters. The average Bonchev–Trinajstić information content (AvgIpc) is 3.09. The molecule has 1 aromatic rings. The molecule has 2 saturated carbocycles. The van der Waals surface area contributed by atoms with Gasteiger partial charge in [0.25, 0.3) is 0 Å². The number of carboxylic acids is 1. The van der Waals surface area contributed by atoms with E-state index in [0.29, 0.717) is 31.2 Å². The van der Waals surface area contributed by atoms with Gasteiger partial charge < -0.3 is 10.2 Å². The van der Waals surface area contributed by atoms with Gasteiger partial charge in [0.1, 0.15) is 5.60 Å². The van der Waals surface area contributed by atoms with Gasteiger partial charge in [-0.15, -0.1) is 0 Å². The number of carbonyl (C=O) groups is 2. The lowest BCUT2D eigenvalue weighted by molar-refractivity contribution is -0.362. The van der Waals surface area contributed by atoms with Gasteiger partial charge in [-0.1, -0.05) is 24.6 Å². The largest absolute Gasteiger partial charge is 0.478 e. The number of allylic oxidation sites excluding steroid dienone is 4. The smallest absolute Gasteiger partial charge is 0.456 e. The molecule has 2 fully saturated rings. The molecule has 9 heteroatoms. The molecule has 4 aliphatic carbocycles. The number of rotatable bonds is 3. The van der Waals surface area contributed by atoms with Crippen molar-refractivity contribution in [1.29, 1.82) is 0 Å². The van der Waals surface area contributed by atoms with Crippen LogP contribution in [0.3, 0.4) is 0 Å². The zero-order valence-electron chi connectivity index (χ0n) is 19.7. The van der Waals surface area contributed by atoms with Gasteiger partial charge in [-0.25, -0.2) is 4.79 Å². The zero-order chi connectivity index (χ0) is 26.3. The summed E-state index contributed by atoms with van der Waals surface area (Å²) < 4.78 is 70.6. The third kappa shape index (κ3) is 3.34. The number of hydrogen-bond acceptors (Lipinski definition) is 3. The summed E-state index contributed by atoms with van der Waals surface area (Å²) in [6.07, 6.45) is -3.23. The minimum Gasteiger partial charge on any atom is -0.478 e. The Morgan fingerprint density at radius 3 is 2.31 bits per heavy atom. The second-order valence-corrected chi connectivity index (χ2v) is 10.9. The van der Waals surface area contributed by atoms with E-state index in [2.05, 4.69) is 0 Å². The second-order valence-electron chi connectivity index (χ2n) is 10.9. The molecule has 194 valence electrons. The molecule has 5 rings (SSSR count). The highest BCUT2D eigenvalue weighted by Gasteiger charge is 2.79. The molecule has 1 aromatic carbocycles. The number of carbonyl (C=O) groups excluding carboxylic acids is 1. The van der Waals surface area contributed by atoms with E-state index in [0.717, 1.165) is 16.7 Å². The molecular formula is C27H27F5O4. The maximum atomic E-state index is 14.9. The van der Waals surface area contributed by atoms with Gasteiger partial charge in [-0.05, 0) is 85.3 Å². The monoisotopic (exact) mass is 510 g/mol. The Labute approximate surface area is 204 Å². The lowest BCUT2D eigenvalue weighted by Gasteiger charge is -2.56. The normalized spacial score (nSPS) is 34.6. The first-order valence-electron chi connectivity index (χ1n) is 12.2. The van der Waals surface area contributed by atoms with Crippen LogP contribution in [-0.2, 0) is 4.79 Å². The van der Waals surface area contributed by atoms with Gasteiger partial charge in [-0.2, -0.15) is 22.0 Å². The molecule has 0 amide bonds. The number of ketones is 1. The van der Waals surface area contributed by atoms with Gasteiger partial charge in [0.15, 0.2) is 5.78 Å². The van der Waals surface area contributed by atoms with Crippen LogP contribution in [0.1, 0.15) is 73.7 Å². The molecule has 0 aliphatic heterocycles. The van der Waals surface area contributed by atoms with Crippen molar-refractivity contribution in [2.75, 3.05) is 0 Å². The van der Waals surface area contributed by atoms with Gasteiger partial charge in [-0.3, -0.25) is 4.79 Å². The van der Waals surface area contributed by atoms with E-state index in [1.165, 1.54) is 19.1 Å². The van der Waals surface area contributed by atoms with Gasteiger partial charge in [0, 0.05) is 17.8 Å². The molecule has 0 radical (unpaired) electrons. The van der Waals surface area contributed by atoms with Crippen molar-refractivity contribution in [2.24, 2.45) is 17.3 Å². The molecule has 2 N–H and O–H groups in total. The van der Waals surface area contributed by atoms with Crippen LogP contribution in [0.15, 0.2) is 47.1 Å². The van der Waals surface area contributed by atoms with Crippen molar-refractivity contribution in [1.82, 2.24) is 0 Å². The van der Waals surface area contributed by atoms with Crippen molar-refractivity contribution in [3.05, 3.63) is 58.2 Å². The molecule has 4 nitrogen and oxygen atoms in total. The highest BCUT2D eigenvalue weighted by molar-refractivity contribution is 5.93. The summed E-state index contributed by atoms with van der Waals surface area (Å²) >= 11 is 0. The van der Waals surface area contributed by atoms with Crippen LogP contribution >= 0.6 is 0 Å². The molecule has 0 heterocycles. The Kier molecular flexibility index (Phi) is 5.56. The maximum absolute atomic E-state index is 14.9. The fourth-order valence-electron chi connectivity index (χ4n) is 7.57. The fourth-order valence-corrected chi connectivity index (χ4v) is 7.57. The average molecular weight is 510 g/mol. The molecular weight excluding hydrogens is 483 g/mol. The standard InChI is InChI=1S/C27H27F5O4/c1-24-13-20(14-2-4-15(5-3-14)23(34)35)22-18-9-7-17(33)12-16(18)6-8-19(22)21(24)10-11-25(24,36)26(28,29)27(30,31)32/h2-5,12,19-21,36H,6-11,13H2,1H3,(H,34,35)/t19?,20?,21?,24?,25-/m0/s1. The number of hydrogen-bond donors (Lipinski definition) is 2. The van der Waals surface area contributed by atoms with Crippen LogP contribution in [0.25, 0.3) is 0 Å². The Morgan fingerprint density at radius 2 is 1.69 bits per heavy atom. The predicted octanol–water partition coefficient (Wildman–Crippen LogP) is 6.21. The summed E-state index contributed by atoms with van der Waals surface area (Å²) in [5, 5.41) is 20.5. The lowest BCUT2D eigenvalue weighted by atomic mass is 9.50. The first-order chi connectivity index (χ1) is 16.7. The van der Waals surface area contributed by atoms with E-state index in [9.17, 15) is 41.8 Å². The van der Waals surface area contributed by atoms with Gasteiger partial charge >= 0.3 is 18.1 Å². The van der Waals surface area contributed by atoms with E-state index in [-0.39, 0.29) is 30.1 Å². The van der Waals surface area contributed by atoms with Crippen LogP contribution in [0.4, 0.5) is 22.0 Å². The summed E-state index contributed by atoms with van der Waals surface area (Å²) in [6, 6.07) is 5.93. The number of halogens is 5. The third-order valence-corrected chi connectivity index (χ3v) is 9.32. The summed E-state index contributed by atoms with van der Waals surface area (Å²) in [4.78, 5) is 23.4. The predicted molar refractivity (Wildman–Crippen MR) is 120 cm³/mol. The van der Waals surface area contributed by atoms with Crippen molar-refractivity contribution in [3.63, 3.8) is 0 Å². The fraction of sp³-hybridized carbons (Fsp3) is 0.556. The molecule has 4 aliphatic rings. The van der Waals surface area contributed by atoms with E-state index < -0.39 is 47.3 Å². The number of aliphatic hydroxyl groups is 1. The van der Waals surface area contributed by atoms with E-state index in [1.807, 2.05) is 0 Å². The Hall–Kier alpha value is -2.55. The second kappa shape index (κ2) is 7.97. The summed E-state index contributed by atoms with van der Waals surface area (Å²) in [7, 11) is 0. The van der Waals surface area contributed by atoms with Crippen molar-refractivity contribution in [3.8, 4) is 0 Å². The van der Waals surface area contributed by atoms with Crippen LogP contribution < -0.4 is 0 Å². The number of aromatic carboxylic acids is 1. The molecule has 36 heavy (non-hydrogen) atoms. The molecule has 0 aromatic heterocycles. The van der Waals surface area contributed by atoms with E-state index >= 15 is 0 Å². The summed E-state index contributed by atoms with van der Waals surface area (Å²) in [5.74, 6) is -7.89. The van der Waals surface area contributed by atoms with Crippen LogP contribution in [0, 0.1) is 17.3 Å². The van der Waals surface area contributed by atoms with Crippen molar-refractivity contribution < 1.29 is 41.8 Å². The van der Waals surface area contributed by atoms with Crippen LogP contribution in [0.5, 0.6) is 0 Å². The molecule has 0 spiro atoms. The lowest BCUT2D eigenvalue weighted by Crippen LogP contribution is -2.65. The minimum atomic E-state index is -5.90. The third-order valence-electron chi connectivity index (χ3n) is 9.32. The Bertz CT molecular complexity index is 1180. The number of fused-ring (bicyclic) bond motifs is 4. The summed E-state index contributed by atoms with van der Waals surface area (Å²) in [5.41, 5.74) is -1.55. The van der Waals surface area contributed by atoms with Crippen LogP contribution in [-0.4, -0.2) is 39.7 Å². The highest BCUT2D eigenvalue weighted by atomic mass is 19.4. The zero-order valence-corrected chi connectivity index (χ0v) is 19.7. The maximum Gasteiger partial charge on any atom is 0.456 e.